The van der Waals surface area contributed by atoms with Crippen LogP contribution in [0.15, 0.2) is 24.4 Å². The number of aromatic nitrogens is 1. The molecule has 3 N–H and O–H groups in total. The Labute approximate surface area is 173 Å². The van der Waals surface area contributed by atoms with Gasteiger partial charge in [0, 0.05) is 43.0 Å². The molecule has 2 aliphatic rings. The molecule has 1 saturated heterocycles. The van der Waals surface area contributed by atoms with Crippen LogP contribution in [0.2, 0.25) is 0 Å². The van der Waals surface area contributed by atoms with Crippen LogP contribution in [0.1, 0.15) is 42.2 Å². The van der Waals surface area contributed by atoms with E-state index in [-0.39, 0.29) is 40.4 Å². The molecule has 4 rings (SSSR count). The Morgan fingerprint density at radius 2 is 2.00 bits per heavy atom. The van der Waals surface area contributed by atoms with Crippen molar-refractivity contribution in [1.82, 2.24) is 10.3 Å². The van der Waals surface area contributed by atoms with Gasteiger partial charge in [-0.05, 0) is 49.8 Å². The Morgan fingerprint density at radius 1 is 1.30 bits per heavy atom. The number of benzene rings is 1. The molecule has 156 valence electrons. The Morgan fingerprint density at radius 3 is 2.57 bits per heavy atom. The molecule has 2 atom stereocenters. The zero-order valence-electron chi connectivity index (χ0n) is 16.7. The normalized spacial score (nSPS) is 19.4. The van der Waals surface area contributed by atoms with Crippen molar-refractivity contribution in [2.75, 3.05) is 18.0 Å². The summed E-state index contributed by atoms with van der Waals surface area (Å²) in [4.78, 5) is 19.2. The third-order valence-corrected chi connectivity index (χ3v) is 5.78. The Hall–Kier alpha value is -3.05. The van der Waals surface area contributed by atoms with Crippen molar-refractivity contribution in [2.45, 2.75) is 38.3 Å². The predicted octanol–water partition coefficient (Wildman–Crippen LogP) is 2.96. The van der Waals surface area contributed by atoms with Crippen LogP contribution in [-0.4, -0.2) is 36.1 Å². The first-order valence-electron chi connectivity index (χ1n) is 10.1. The van der Waals surface area contributed by atoms with Crippen LogP contribution in [-0.2, 0) is 0 Å². The number of halogens is 2. The summed E-state index contributed by atoms with van der Waals surface area (Å²) in [7, 11) is 0. The van der Waals surface area contributed by atoms with E-state index in [1.54, 1.807) is 0 Å². The number of nitrogens with zero attached hydrogens (tertiary/aromatic N) is 3. The summed E-state index contributed by atoms with van der Waals surface area (Å²) in [5.74, 6) is -1.40. The average Bonchev–Trinajstić information content (AvgIpc) is 3.47. The van der Waals surface area contributed by atoms with Crippen molar-refractivity contribution in [3.05, 3.63) is 47.3 Å². The molecule has 6 nitrogen and oxygen atoms in total. The number of nitrogens with two attached hydrogens (primary N) is 1. The van der Waals surface area contributed by atoms with Gasteiger partial charge < -0.3 is 16.0 Å². The standard InChI is InChI=1S/C22H23F2N5O/c1-12(13-2-3-13)28-22(30)18-10-27-19(9-25)20(14-6-15(23)8-16(24)7-14)21(18)29-5-4-17(26)11-29/h6-8,10,12-13,17H,2-5,11,26H2,1H3,(H,28,30)/t12-,17-/m0/s1. The molecule has 2 heterocycles. The highest BCUT2D eigenvalue weighted by atomic mass is 19.1. The number of carbonyl (C=O) groups is 1. The number of pyridine rings is 1. The molecule has 0 bridgehead atoms. The number of hydrogen-bond acceptors (Lipinski definition) is 5. The summed E-state index contributed by atoms with van der Waals surface area (Å²) in [5.41, 5.74) is 7.21. The highest BCUT2D eigenvalue weighted by Crippen LogP contribution is 2.39. The van der Waals surface area contributed by atoms with Crippen LogP contribution in [0.25, 0.3) is 11.1 Å². The number of rotatable bonds is 5. The van der Waals surface area contributed by atoms with E-state index in [1.165, 1.54) is 6.20 Å². The molecule has 8 heteroatoms. The molecule has 1 aromatic heterocycles. The minimum absolute atomic E-state index is 0.00210. The molecule has 30 heavy (non-hydrogen) atoms. The van der Waals surface area contributed by atoms with Crippen molar-refractivity contribution in [1.29, 1.82) is 5.26 Å². The van der Waals surface area contributed by atoms with Gasteiger partial charge in [0.25, 0.3) is 5.91 Å². The zero-order chi connectivity index (χ0) is 21.4. The number of carbonyl (C=O) groups excluding carboxylic acids is 1. The Kier molecular flexibility index (Phi) is 5.39. The molecule has 0 spiro atoms. The summed E-state index contributed by atoms with van der Waals surface area (Å²) in [6.45, 7) is 3.00. The van der Waals surface area contributed by atoms with Gasteiger partial charge in [-0.3, -0.25) is 4.79 Å². The molecule has 0 unspecified atom stereocenters. The average molecular weight is 411 g/mol. The van der Waals surface area contributed by atoms with Gasteiger partial charge in [-0.2, -0.15) is 5.26 Å². The SMILES string of the molecule is C[C@H](NC(=O)c1cnc(C#N)c(-c2cc(F)cc(F)c2)c1N1CC[C@H](N)C1)C1CC1. The number of hydrogen-bond donors (Lipinski definition) is 2. The van der Waals surface area contributed by atoms with Gasteiger partial charge in [0.1, 0.15) is 23.4 Å². The molecule has 1 aliphatic heterocycles. The second-order valence-electron chi connectivity index (χ2n) is 8.11. The number of nitrogens with one attached hydrogen (secondary N) is 1. The maximum absolute atomic E-state index is 14.0. The van der Waals surface area contributed by atoms with Gasteiger partial charge in [0.2, 0.25) is 0 Å². The van der Waals surface area contributed by atoms with E-state index in [9.17, 15) is 18.8 Å². The molecule has 1 saturated carbocycles. The van der Waals surface area contributed by atoms with Crippen LogP contribution < -0.4 is 16.0 Å². The quantitative estimate of drug-likeness (QED) is 0.789. The first-order chi connectivity index (χ1) is 14.4. The van der Waals surface area contributed by atoms with Crippen molar-refractivity contribution >= 4 is 11.6 Å². The van der Waals surface area contributed by atoms with Crippen LogP contribution in [0.4, 0.5) is 14.5 Å². The van der Waals surface area contributed by atoms with Crippen LogP contribution >= 0.6 is 0 Å². The van der Waals surface area contributed by atoms with E-state index in [2.05, 4.69) is 10.3 Å². The summed E-state index contributed by atoms with van der Waals surface area (Å²) in [5, 5.41) is 12.7. The lowest BCUT2D eigenvalue weighted by atomic mass is 9.97. The summed E-state index contributed by atoms with van der Waals surface area (Å²) < 4.78 is 28.0. The minimum atomic E-state index is -0.768. The second-order valence-corrected chi connectivity index (χ2v) is 8.11. The van der Waals surface area contributed by atoms with E-state index >= 15 is 0 Å². The molecular formula is C22H23F2N5O. The smallest absolute Gasteiger partial charge is 0.255 e. The van der Waals surface area contributed by atoms with Crippen LogP contribution in [0.3, 0.4) is 0 Å². The third kappa shape index (κ3) is 3.98. The molecule has 1 aromatic carbocycles. The molecule has 1 amide bonds. The number of anilines is 1. The fraction of sp³-hybridized carbons (Fsp3) is 0.409. The van der Waals surface area contributed by atoms with E-state index in [1.807, 2.05) is 17.9 Å². The van der Waals surface area contributed by atoms with E-state index in [0.717, 1.165) is 31.0 Å². The Balaban J connectivity index is 1.88. The summed E-state index contributed by atoms with van der Waals surface area (Å²) in [6.07, 6.45) is 4.23. The lowest BCUT2D eigenvalue weighted by molar-refractivity contribution is 0.0936. The Bertz CT molecular complexity index is 1010. The zero-order valence-corrected chi connectivity index (χ0v) is 16.7. The van der Waals surface area contributed by atoms with E-state index in [4.69, 9.17) is 5.73 Å². The van der Waals surface area contributed by atoms with E-state index in [0.29, 0.717) is 31.1 Å². The van der Waals surface area contributed by atoms with Crippen molar-refractivity contribution < 1.29 is 13.6 Å². The number of amides is 1. The molecule has 2 fully saturated rings. The van der Waals surface area contributed by atoms with Crippen LogP contribution in [0, 0.1) is 28.9 Å². The lowest BCUT2D eigenvalue weighted by Crippen LogP contribution is -2.36. The van der Waals surface area contributed by atoms with Gasteiger partial charge >= 0.3 is 0 Å². The van der Waals surface area contributed by atoms with Gasteiger partial charge in [-0.25, -0.2) is 13.8 Å². The van der Waals surface area contributed by atoms with Crippen LogP contribution in [0.5, 0.6) is 0 Å². The topological polar surface area (TPSA) is 95.0 Å². The largest absolute Gasteiger partial charge is 0.369 e. The second kappa shape index (κ2) is 8.00. The molecule has 1 aliphatic carbocycles. The van der Waals surface area contributed by atoms with Crippen molar-refractivity contribution in [2.24, 2.45) is 11.7 Å². The van der Waals surface area contributed by atoms with Gasteiger partial charge in [0.05, 0.1) is 11.3 Å². The third-order valence-electron chi connectivity index (χ3n) is 5.78. The lowest BCUT2D eigenvalue weighted by Gasteiger charge is -2.26. The first kappa shape index (κ1) is 20.2. The first-order valence-corrected chi connectivity index (χ1v) is 10.1. The summed E-state index contributed by atoms with van der Waals surface area (Å²) >= 11 is 0. The minimum Gasteiger partial charge on any atom is -0.369 e. The number of nitriles is 1. The molecule has 2 aromatic rings. The van der Waals surface area contributed by atoms with Gasteiger partial charge in [-0.1, -0.05) is 0 Å². The van der Waals surface area contributed by atoms with Gasteiger partial charge in [-0.15, -0.1) is 0 Å². The maximum Gasteiger partial charge on any atom is 0.255 e. The highest BCUT2D eigenvalue weighted by Gasteiger charge is 2.32. The van der Waals surface area contributed by atoms with Crippen molar-refractivity contribution in [3.8, 4) is 17.2 Å². The molecular weight excluding hydrogens is 388 g/mol. The highest BCUT2D eigenvalue weighted by molar-refractivity contribution is 6.04. The summed E-state index contributed by atoms with van der Waals surface area (Å²) in [6, 6.07) is 4.97. The fourth-order valence-electron chi connectivity index (χ4n) is 4.04. The predicted molar refractivity (Wildman–Crippen MR) is 109 cm³/mol. The van der Waals surface area contributed by atoms with E-state index < -0.39 is 11.6 Å². The fourth-order valence-corrected chi connectivity index (χ4v) is 4.04. The van der Waals surface area contributed by atoms with Gasteiger partial charge in [0.15, 0.2) is 0 Å². The molecule has 0 radical (unpaired) electrons. The maximum atomic E-state index is 14.0. The monoisotopic (exact) mass is 411 g/mol. The van der Waals surface area contributed by atoms with Crippen molar-refractivity contribution in [3.63, 3.8) is 0 Å².